The molecule has 0 fully saturated rings. The van der Waals surface area contributed by atoms with Crippen LogP contribution in [0.2, 0.25) is 0 Å². The summed E-state index contributed by atoms with van der Waals surface area (Å²) >= 11 is 3.43. The van der Waals surface area contributed by atoms with Crippen LogP contribution in [-0.4, -0.2) is 30.1 Å². The zero-order chi connectivity index (χ0) is 16.8. The second kappa shape index (κ2) is 8.36. The molecule has 23 heavy (non-hydrogen) atoms. The van der Waals surface area contributed by atoms with Crippen molar-refractivity contribution in [3.05, 3.63) is 58.6 Å². The molecule has 0 saturated carbocycles. The highest BCUT2D eigenvalue weighted by atomic mass is 79.9. The third-order valence-corrected chi connectivity index (χ3v) is 4.35. The van der Waals surface area contributed by atoms with Gasteiger partial charge in [0.25, 0.3) is 0 Å². The molecule has 2 rings (SSSR count). The Hall–Kier alpha value is -1.53. The Morgan fingerprint density at radius 1 is 1.13 bits per heavy atom. The molecular weight excluding hydrogens is 356 g/mol. The summed E-state index contributed by atoms with van der Waals surface area (Å²) in [6.07, 6.45) is 0. The van der Waals surface area contributed by atoms with E-state index in [9.17, 15) is 4.79 Å². The number of nitrogens with one attached hydrogen (secondary N) is 1. The minimum atomic E-state index is -0.527. The molecule has 0 spiro atoms. The number of aliphatic hydroxyl groups excluding tert-OH is 1. The maximum absolute atomic E-state index is 11.6. The number of ketones is 1. The van der Waals surface area contributed by atoms with Gasteiger partial charge in [0, 0.05) is 17.1 Å². The number of Topliss-reactive ketones (excluding diaryl/α,β-unsaturated/α-hetero) is 1. The second-order valence-electron chi connectivity index (χ2n) is 5.43. The maximum Gasteiger partial charge on any atom is 0.176 e. The van der Waals surface area contributed by atoms with E-state index in [2.05, 4.69) is 45.5 Å². The maximum atomic E-state index is 11.6. The number of carbonyl (C=O) groups is 1. The second-order valence-corrected chi connectivity index (χ2v) is 6.35. The van der Waals surface area contributed by atoms with Crippen molar-refractivity contribution in [3.63, 3.8) is 0 Å². The fourth-order valence-electron chi connectivity index (χ4n) is 2.41. The van der Waals surface area contributed by atoms with E-state index >= 15 is 0 Å². The van der Waals surface area contributed by atoms with Gasteiger partial charge in [-0.05, 0) is 35.7 Å². The SMILES string of the molecule is CC(N[C@@H](CN)C(=O)CO)c1ccc(-c2ccc(Br)cc2)cc1. The van der Waals surface area contributed by atoms with Gasteiger partial charge in [-0.2, -0.15) is 0 Å². The van der Waals surface area contributed by atoms with Crippen molar-refractivity contribution < 1.29 is 9.90 Å². The number of aliphatic hydroxyl groups is 1. The quantitative estimate of drug-likeness (QED) is 0.694. The fourth-order valence-corrected chi connectivity index (χ4v) is 2.67. The van der Waals surface area contributed by atoms with Gasteiger partial charge >= 0.3 is 0 Å². The van der Waals surface area contributed by atoms with Gasteiger partial charge in [0.2, 0.25) is 0 Å². The predicted molar refractivity (Wildman–Crippen MR) is 96.1 cm³/mol. The van der Waals surface area contributed by atoms with Crippen LogP contribution < -0.4 is 11.1 Å². The van der Waals surface area contributed by atoms with Crippen LogP contribution in [-0.2, 0) is 4.79 Å². The molecular formula is C18H21BrN2O2. The van der Waals surface area contributed by atoms with Crippen molar-refractivity contribution in [2.45, 2.75) is 19.0 Å². The monoisotopic (exact) mass is 376 g/mol. The molecule has 2 atom stereocenters. The molecule has 1 unspecified atom stereocenters. The fraction of sp³-hybridized carbons (Fsp3) is 0.278. The summed E-state index contributed by atoms with van der Waals surface area (Å²) in [5.41, 5.74) is 8.94. The van der Waals surface area contributed by atoms with Crippen LogP contribution in [0.25, 0.3) is 11.1 Å². The van der Waals surface area contributed by atoms with Gasteiger partial charge in [-0.1, -0.05) is 52.3 Å². The van der Waals surface area contributed by atoms with Gasteiger partial charge in [-0.15, -0.1) is 0 Å². The Morgan fingerprint density at radius 3 is 2.13 bits per heavy atom. The molecule has 0 saturated heterocycles. The van der Waals surface area contributed by atoms with E-state index in [0.29, 0.717) is 0 Å². The van der Waals surface area contributed by atoms with Crippen molar-refractivity contribution in [2.24, 2.45) is 5.73 Å². The summed E-state index contributed by atoms with van der Waals surface area (Å²) in [4.78, 5) is 11.6. The number of hydrogen-bond acceptors (Lipinski definition) is 4. The Bertz CT molecular complexity index is 641. The smallest absolute Gasteiger partial charge is 0.176 e. The summed E-state index contributed by atoms with van der Waals surface area (Å²) in [6, 6.07) is 15.8. The van der Waals surface area contributed by atoms with Crippen molar-refractivity contribution in [3.8, 4) is 11.1 Å². The van der Waals surface area contributed by atoms with Crippen molar-refractivity contribution in [1.29, 1.82) is 0 Å². The Labute approximate surface area is 144 Å². The van der Waals surface area contributed by atoms with E-state index in [1.54, 1.807) is 0 Å². The van der Waals surface area contributed by atoms with Gasteiger partial charge in [-0.3, -0.25) is 10.1 Å². The molecule has 4 nitrogen and oxygen atoms in total. The third-order valence-electron chi connectivity index (χ3n) is 3.82. The Kier molecular flexibility index (Phi) is 6.47. The molecule has 0 aliphatic heterocycles. The first kappa shape index (κ1) is 17.8. The molecule has 0 aliphatic carbocycles. The van der Waals surface area contributed by atoms with Crippen molar-refractivity contribution in [2.75, 3.05) is 13.2 Å². The lowest BCUT2D eigenvalue weighted by molar-refractivity contribution is -0.123. The van der Waals surface area contributed by atoms with Gasteiger partial charge in [0.15, 0.2) is 5.78 Å². The van der Waals surface area contributed by atoms with Crippen LogP contribution in [0, 0.1) is 0 Å². The Balaban J connectivity index is 2.09. The topological polar surface area (TPSA) is 75.3 Å². The first-order valence-electron chi connectivity index (χ1n) is 7.50. The van der Waals surface area contributed by atoms with Gasteiger partial charge < -0.3 is 10.8 Å². The van der Waals surface area contributed by atoms with Gasteiger partial charge in [-0.25, -0.2) is 0 Å². The van der Waals surface area contributed by atoms with E-state index in [1.165, 1.54) is 0 Å². The number of hydrogen-bond donors (Lipinski definition) is 3. The molecule has 0 amide bonds. The standard InChI is InChI=1S/C18H21BrN2O2/c1-12(21-17(10-20)18(23)11-22)13-2-4-14(5-3-13)15-6-8-16(19)9-7-15/h2-9,12,17,21-22H,10-11,20H2,1H3/t12?,17-/m0/s1. The number of rotatable bonds is 7. The summed E-state index contributed by atoms with van der Waals surface area (Å²) in [6.45, 7) is 1.65. The minimum Gasteiger partial charge on any atom is -0.389 e. The molecule has 122 valence electrons. The van der Waals surface area contributed by atoms with Crippen molar-refractivity contribution in [1.82, 2.24) is 5.32 Å². The first-order valence-corrected chi connectivity index (χ1v) is 8.30. The number of carbonyl (C=O) groups excluding carboxylic acids is 1. The van der Waals surface area contributed by atoms with Crippen molar-refractivity contribution >= 4 is 21.7 Å². The number of halogens is 1. The average Bonchev–Trinajstić information content (AvgIpc) is 2.59. The van der Waals surface area contributed by atoms with Gasteiger partial charge in [0.05, 0.1) is 6.04 Å². The molecule has 5 heteroatoms. The highest BCUT2D eigenvalue weighted by Crippen LogP contribution is 2.23. The summed E-state index contributed by atoms with van der Waals surface area (Å²) in [7, 11) is 0. The zero-order valence-electron chi connectivity index (χ0n) is 13.0. The van der Waals surface area contributed by atoms with E-state index in [1.807, 2.05) is 31.2 Å². The molecule has 2 aromatic carbocycles. The van der Waals surface area contributed by atoms with Gasteiger partial charge in [0.1, 0.15) is 6.61 Å². The average molecular weight is 377 g/mol. The molecule has 2 aromatic rings. The highest BCUT2D eigenvalue weighted by molar-refractivity contribution is 9.10. The van der Waals surface area contributed by atoms with E-state index in [-0.39, 0.29) is 18.4 Å². The van der Waals surface area contributed by atoms with Crippen LogP contribution in [0.4, 0.5) is 0 Å². The summed E-state index contributed by atoms with van der Waals surface area (Å²) < 4.78 is 1.05. The largest absolute Gasteiger partial charge is 0.389 e. The highest BCUT2D eigenvalue weighted by Gasteiger charge is 2.18. The zero-order valence-corrected chi connectivity index (χ0v) is 14.6. The van der Waals surface area contributed by atoms with E-state index in [0.717, 1.165) is 21.2 Å². The molecule has 0 heterocycles. The molecule has 4 N–H and O–H groups in total. The molecule has 0 radical (unpaired) electrons. The molecule has 0 aliphatic rings. The lowest BCUT2D eigenvalue weighted by Crippen LogP contribution is -2.45. The summed E-state index contributed by atoms with van der Waals surface area (Å²) in [5, 5.41) is 12.1. The summed E-state index contributed by atoms with van der Waals surface area (Å²) in [5.74, 6) is -0.286. The molecule has 0 bridgehead atoms. The van der Waals surface area contributed by atoms with Crippen LogP contribution in [0.3, 0.4) is 0 Å². The van der Waals surface area contributed by atoms with Crippen LogP contribution in [0.5, 0.6) is 0 Å². The minimum absolute atomic E-state index is 0.0296. The van der Waals surface area contributed by atoms with Crippen LogP contribution in [0.1, 0.15) is 18.5 Å². The molecule has 0 aromatic heterocycles. The Morgan fingerprint density at radius 2 is 1.65 bits per heavy atom. The number of benzene rings is 2. The van der Waals surface area contributed by atoms with E-state index in [4.69, 9.17) is 10.8 Å². The number of nitrogens with two attached hydrogens (primary N) is 1. The lowest BCUT2D eigenvalue weighted by Gasteiger charge is -2.21. The first-order chi connectivity index (χ1) is 11.0. The normalized spacial score (nSPS) is 13.6. The predicted octanol–water partition coefficient (Wildman–Crippen LogP) is 2.66. The lowest BCUT2D eigenvalue weighted by atomic mass is 10.0. The van der Waals surface area contributed by atoms with Crippen LogP contribution >= 0.6 is 15.9 Å². The van der Waals surface area contributed by atoms with E-state index < -0.39 is 12.6 Å². The third kappa shape index (κ3) is 4.72. The van der Waals surface area contributed by atoms with Crippen LogP contribution in [0.15, 0.2) is 53.0 Å².